The van der Waals surface area contributed by atoms with Gasteiger partial charge in [-0.05, 0) is 35.0 Å². The fourth-order valence-corrected chi connectivity index (χ4v) is 1.21. The molecule has 1 aromatic rings. The Labute approximate surface area is 95.8 Å². The molecule has 84 valence electrons. The predicted octanol–water partition coefficient (Wildman–Crippen LogP) is 0.480. The lowest BCUT2D eigenvalue weighted by Crippen LogP contribution is -2.43. The molecule has 2 atom stereocenters. The molecule has 1 rings (SSSR count). The zero-order chi connectivity index (χ0) is 11.4. The Morgan fingerprint density at radius 2 is 2.40 bits per heavy atom. The minimum atomic E-state index is -0.659. The van der Waals surface area contributed by atoms with Gasteiger partial charge in [-0.15, -0.1) is 0 Å². The lowest BCUT2D eigenvalue weighted by Gasteiger charge is -2.14. The smallest absolute Gasteiger partial charge is 0.287 e. The molecule has 0 saturated carbocycles. The van der Waals surface area contributed by atoms with Crippen LogP contribution in [-0.2, 0) is 0 Å². The number of amides is 1. The van der Waals surface area contributed by atoms with Crippen LogP contribution in [0.25, 0.3) is 0 Å². The lowest BCUT2D eigenvalue weighted by molar-refractivity contribution is 0.0909. The van der Waals surface area contributed by atoms with Crippen molar-refractivity contribution < 1.29 is 14.3 Å². The molecule has 0 saturated heterocycles. The fraction of sp³-hybridized carbons (Fsp3) is 0.444. The molecule has 2 unspecified atom stereocenters. The number of furan rings is 1. The van der Waals surface area contributed by atoms with E-state index in [4.69, 9.17) is 15.3 Å². The van der Waals surface area contributed by atoms with Gasteiger partial charge >= 0.3 is 0 Å². The van der Waals surface area contributed by atoms with E-state index in [9.17, 15) is 4.79 Å². The Balaban J connectivity index is 2.43. The highest BCUT2D eigenvalue weighted by Gasteiger charge is 2.13. The van der Waals surface area contributed by atoms with E-state index in [0.29, 0.717) is 4.67 Å². The number of rotatable bonds is 4. The van der Waals surface area contributed by atoms with Crippen molar-refractivity contribution in [2.24, 2.45) is 5.73 Å². The first-order valence-electron chi connectivity index (χ1n) is 4.48. The third kappa shape index (κ3) is 3.65. The Bertz CT molecular complexity index is 338. The number of aliphatic hydroxyl groups excluding tert-OH is 1. The van der Waals surface area contributed by atoms with E-state index >= 15 is 0 Å². The monoisotopic (exact) mass is 276 g/mol. The topological polar surface area (TPSA) is 88.5 Å². The van der Waals surface area contributed by atoms with E-state index in [1.165, 1.54) is 0 Å². The molecule has 5 nitrogen and oxygen atoms in total. The molecule has 0 spiro atoms. The van der Waals surface area contributed by atoms with Gasteiger partial charge in [-0.2, -0.15) is 0 Å². The van der Waals surface area contributed by atoms with Crippen molar-refractivity contribution in [2.75, 3.05) is 6.54 Å². The summed E-state index contributed by atoms with van der Waals surface area (Å²) in [5, 5.41) is 11.7. The normalized spacial score (nSPS) is 14.7. The molecule has 6 heteroatoms. The van der Waals surface area contributed by atoms with Crippen LogP contribution in [0.15, 0.2) is 21.2 Å². The average Bonchev–Trinajstić information content (AvgIpc) is 2.60. The van der Waals surface area contributed by atoms with Crippen molar-refractivity contribution in [3.05, 3.63) is 22.6 Å². The quantitative estimate of drug-likeness (QED) is 0.747. The molecule has 1 aromatic heterocycles. The summed E-state index contributed by atoms with van der Waals surface area (Å²) < 4.78 is 5.53. The van der Waals surface area contributed by atoms with Gasteiger partial charge in [0.2, 0.25) is 0 Å². The number of nitrogens with one attached hydrogen (secondary N) is 1. The van der Waals surface area contributed by atoms with Crippen LogP contribution < -0.4 is 11.1 Å². The zero-order valence-electron chi connectivity index (χ0n) is 8.24. The first-order valence-corrected chi connectivity index (χ1v) is 5.27. The molecule has 1 heterocycles. The molecule has 0 bridgehead atoms. The lowest BCUT2D eigenvalue weighted by atomic mass is 10.2. The van der Waals surface area contributed by atoms with Crippen LogP contribution in [0.5, 0.6) is 0 Å². The van der Waals surface area contributed by atoms with Gasteiger partial charge in [0.15, 0.2) is 10.4 Å². The maximum atomic E-state index is 11.4. The molecule has 0 aliphatic rings. The van der Waals surface area contributed by atoms with E-state index in [2.05, 4.69) is 21.2 Å². The average molecular weight is 277 g/mol. The van der Waals surface area contributed by atoms with Gasteiger partial charge in [0.25, 0.3) is 5.91 Å². The maximum absolute atomic E-state index is 11.4. The summed E-state index contributed by atoms with van der Waals surface area (Å²) in [5.74, 6) is -0.142. The van der Waals surface area contributed by atoms with Crippen molar-refractivity contribution in [3.8, 4) is 0 Å². The predicted molar refractivity (Wildman–Crippen MR) is 58.4 cm³/mol. The van der Waals surface area contributed by atoms with Crippen LogP contribution in [0.2, 0.25) is 0 Å². The number of hydrogen-bond acceptors (Lipinski definition) is 4. The van der Waals surface area contributed by atoms with Crippen LogP contribution in [0.3, 0.4) is 0 Å². The summed E-state index contributed by atoms with van der Waals surface area (Å²) in [6.45, 7) is 1.77. The first kappa shape index (κ1) is 12.2. The van der Waals surface area contributed by atoms with Crippen LogP contribution in [-0.4, -0.2) is 29.7 Å². The van der Waals surface area contributed by atoms with Gasteiger partial charge < -0.3 is 20.6 Å². The number of halogens is 1. The SMILES string of the molecule is CC(O)C(N)CNC(=O)c1ccc(Br)o1. The Morgan fingerprint density at radius 1 is 1.73 bits per heavy atom. The summed E-state index contributed by atoms with van der Waals surface area (Å²) in [6.07, 6.45) is -0.659. The molecule has 1 amide bonds. The molecule has 0 fully saturated rings. The molecule has 4 N–H and O–H groups in total. The second-order valence-electron chi connectivity index (χ2n) is 3.22. The van der Waals surface area contributed by atoms with E-state index < -0.39 is 12.1 Å². The number of hydrogen-bond donors (Lipinski definition) is 3. The van der Waals surface area contributed by atoms with Crippen LogP contribution in [0, 0.1) is 0 Å². The van der Waals surface area contributed by atoms with Gasteiger partial charge in [0.1, 0.15) is 0 Å². The number of carbonyl (C=O) groups excluding carboxylic acids is 1. The third-order valence-electron chi connectivity index (χ3n) is 1.91. The second-order valence-corrected chi connectivity index (χ2v) is 4.00. The summed E-state index contributed by atoms with van der Waals surface area (Å²) in [5.41, 5.74) is 5.54. The maximum Gasteiger partial charge on any atom is 0.287 e. The van der Waals surface area contributed by atoms with E-state index in [-0.39, 0.29) is 18.2 Å². The number of aliphatic hydroxyl groups is 1. The van der Waals surface area contributed by atoms with Gasteiger partial charge in [0, 0.05) is 12.6 Å². The molecule has 15 heavy (non-hydrogen) atoms. The molecular formula is C9H13BrN2O3. The second kappa shape index (κ2) is 5.29. The summed E-state index contributed by atoms with van der Waals surface area (Å²) >= 11 is 3.09. The van der Waals surface area contributed by atoms with E-state index in [0.717, 1.165) is 0 Å². The number of nitrogens with two attached hydrogens (primary N) is 1. The van der Waals surface area contributed by atoms with Crippen molar-refractivity contribution >= 4 is 21.8 Å². The number of carbonyl (C=O) groups is 1. The Morgan fingerprint density at radius 3 is 2.87 bits per heavy atom. The molecule has 0 radical (unpaired) electrons. The minimum absolute atomic E-state index is 0.203. The van der Waals surface area contributed by atoms with Crippen LogP contribution in [0.4, 0.5) is 0 Å². The van der Waals surface area contributed by atoms with Gasteiger partial charge in [-0.3, -0.25) is 4.79 Å². The minimum Gasteiger partial charge on any atom is -0.444 e. The molecule has 0 aromatic carbocycles. The highest BCUT2D eigenvalue weighted by Crippen LogP contribution is 2.13. The summed E-state index contributed by atoms with van der Waals surface area (Å²) in [4.78, 5) is 11.4. The molecule has 0 aliphatic carbocycles. The van der Waals surface area contributed by atoms with Gasteiger partial charge in [-0.25, -0.2) is 0 Å². The van der Waals surface area contributed by atoms with Crippen molar-refractivity contribution in [2.45, 2.75) is 19.1 Å². The highest BCUT2D eigenvalue weighted by atomic mass is 79.9. The van der Waals surface area contributed by atoms with Gasteiger partial charge in [-0.1, -0.05) is 0 Å². The van der Waals surface area contributed by atoms with Crippen molar-refractivity contribution in [3.63, 3.8) is 0 Å². The van der Waals surface area contributed by atoms with Crippen LogP contribution in [0.1, 0.15) is 17.5 Å². The van der Waals surface area contributed by atoms with Crippen molar-refractivity contribution in [1.82, 2.24) is 5.32 Å². The van der Waals surface area contributed by atoms with Crippen molar-refractivity contribution in [1.29, 1.82) is 0 Å². The van der Waals surface area contributed by atoms with Gasteiger partial charge in [0.05, 0.1) is 6.10 Å². The zero-order valence-corrected chi connectivity index (χ0v) is 9.82. The fourth-order valence-electron chi connectivity index (χ4n) is 0.905. The molecular weight excluding hydrogens is 264 g/mol. The molecule has 0 aliphatic heterocycles. The summed E-state index contributed by atoms with van der Waals surface area (Å²) in [7, 11) is 0. The standard InChI is InChI=1S/C9H13BrN2O3/c1-5(13)6(11)4-12-9(14)7-2-3-8(10)15-7/h2-3,5-6,13H,4,11H2,1H3,(H,12,14). The highest BCUT2D eigenvalue weighted by molar-refractivity contribution is 9.10. The summed E-state index contributed by atoms with van der Waals surface area (Å²) in [6, 6.07) is 2.70. The van der Waals surface area contributed by atoms with Crippen LogP contribution >= 0.6 is 15.9 Å². The van der Waals surface area contributed by atoms with E-state index in [1.807, 2.05) is 0 Å². The Kier molecular flexibility index (Phi) is 4.31. The largest absolute Gasteiger partial charge is 0.444 e. The first-order chi connectivity index (χ1) is 7.00. The van der Waals surface area contributed by atoms with E-state index in [1.54, 1.807) is 19.1 Å². The third-order valence-corrected chi connectivity index (χ3v) is 2.34. The Hall–Kier alpha value is -0.850.